The molecule has 0 saturated heterocycles. The van der Waals surface area contributed by atoms with Crippen molar-refractivity contribution in [3.63, 3.8) is 0 Å². The maximum absolute atomic E-state index is 13.9. The van der Waals surface area contributed by atoms with Crippen LogP contribution in [0.2, 0.25) is 0 Å². The number of amides is 2. The van der Waals surface area contributed by atoms with Gasteiger partial charge in [-0.1, -0.05) is 118 Å². The van der Waals surface area contributed by atoms with Gasteiger partial charge in [-0.15, -0.1) is 0 Å². The number of carbonyl (C=O) groups excluding carboxylic acids is 2. The topological polar surface area (TPSA) is 113 Å². The number of rotatable bonds is 14. The summed E-state index contributed by atoms with van der Waals surface area (Å²) in [4.78, 5) is 31.6. The Kier molecular flexibility index (Phi) is 12.4. The van der Waals surface area contributed by atoms with E-state index in [1.54, 1.807) is 9.80 Å². The van der Waals surface area contributed by atoms with Crippen molar-refractivity contribution >= 4 is 23.6 Å². The first kappa shape index (κ1) is 32.3. The van der Waals surface area contributed by atoms with E-state index in [1.165, 1.54) is 11.8 Å². The number of thioether (sulfide) groups is 1. The summed E-state index contributed by atoms with van der Waals surface area (Å²) < 4.78 is 0. The zero-order valence-corrected chi connectivity index (χ0v) is 25.3. The second-order valence-corrected chi connectivity index (χ2v) is 12.3. The van der Waals surface area contributed by atoms with Crippen molar-refractivity contribution in [3.05, 3.63) is 102 Å². The third-order valence-electron chi connectivity index (χ3n) is 7.06. The summed E-state index contributed by atoms with van der Waals surface area (Å²) in [6.07, 6.45) is -1.10. The van der Waals surface area contributed by atoms with Crippen molar-refractivity contribution < 1.29 is 14.7 Å². The van der Waals surface area contributed by atoms with Gasteiger partial charge in [0, 0.05) is 24.5 Å². The van der Waals surface area contributed by atoms with Gasteiger partial charge in [0.1, 0.15) is 11.5 Å². The van der Waals surface area contributed by atoms with Crippen molar-refractivity contribution in [1.82, 2.24) is 9.80 Å². The summed E-state index contributed by atoms with van der Waals surface area (Å²) in [5, 5.41) is 11.2. The van der Waals surface area contributed by atoms with Crippen molar-refractivity contribution in [2.24, 2.45) is 23.3 Å². The Morgan fingerprint density at radius 2 is 1.15 bits per heavy atom. The van der Waals surface area contributed by atoms with E-state index in [9.17, 15) is 14.7 Å². The Morgan fingerprint density at radius 3 is 1.63 bits per heavy atom. The van der Waals surface area contributed by atoms with E-state index in [-0.39, 0.29) is 43.3 Å². The van der Waals surface area contributed by atoms with Crippen molar-refractivity contribution in [2.75, 3.05) is 6.54 Å². The van der Waals surface area contributed by atoms with E-state index in [4.69, 9.17) is 11.5 Å². The Hall–Kier alpha value is -3.17. The predicted octanol–water partition coefficient (Wildman–Crippen LogP) is 4.49. The molecule has 2 unspecified atom stereocenters. The molecule has 5 N–H and O–H groups in total. The molecule has 0 aromatic heterocycles. The molecule has 0 aliphatic rings. The number of aliphatic hydroxyl groups is 1. The molecule has 8 heteroatoms. The van der Waals surface area contributed by atoms with Gasteiger partial charge in [0.05, 0.1) is 12.1 Å². The normalized spacial score (nSPS) is 14.4. The molecule has 3 aromatic rings. The Balaban J connectivity index is 2.02. The predicted molar refractivity (Wildman–Crippen MR) is 167 cm³/mol. The molecule has 0 fully saturated rings. The lowest BCUT2D eigenvalue weighted by molar-refractivity contribution is -0.139. The Labute approximate surface area is 248 Å². The highest BCUT2D eigenvalue weighted by Crippen LogP contribution is 2.31. The molecule has 0 spiro atoms. The van der Waals surface area contributed by atoms with Crippen LogP contribution in [0.15, 0.2) is 95.9 Å². The molecule has 3 rings (SSSR count). The number of hydrogen-bond donors (Lipinski definition) is 3. The fourth-order valence-corrected chi connectivity index (χ4v) is 5.53. The molecule has 220 valence electrons. The molecule has 0 heterocycles. The molecule has 0 radical (unpaired) electrons. The van der Waals surface area contributed by atoms with Gasteiger partial charge in [0.2, 0.25) is 11.8 Å². The van der Waals surface area contributed by atoms with Gasteiger partial charge in [-0.25, -0.2) is 0 Å². The van der Waals surface area contributed by atoms with E-state index in [0.717, 1.165) is 16.0 Å². The maximum Gasteiger partial charge on any atom is 0.241 e. The summed E-state index contributed by atoms with van der Waals surface area (Å²) in [5.74, 6) is -0.671. The number of aliphatic hydroxyl groups excluding tert-OH is 1. The Morgan fingerprint density at radius 1 is 0.707 bits per heavy atom. The van der Waals surface area contributed by atoms with E-state index < -0.39 is 23.6 Å². The van der Waals surface area contributed by atoms with Crippen molar-refractivity contribution in [3.8, 4) is 0 Å². The molecule has 0 aliphatic carbocycles. The maximum atomic E-state index is 13.9. The summed E-state index contributed by atoms with van der Waals surface area (Å²) in [6, 6.07) is 27.5. The summed E-state index contributed by atoms with van der Waals surface area (Å²) in [6.45, 7) is 8.17. The van der Waals surface area contributed by atoms with Crippen LogP contribution in [0.3, 0.4) is 0 Å². The molecule has 2 amide bonds. The lowest BCUT2D eigenvalue weighted by atomic mass is 10.0. The number of benzene rings is 3. The van der Waals surface area contributed by atoms with Gasteiger partial charge in [-0.2, -0.15) is 0 Å². The SMILES string of the molecule is CC(C)[C@H](N)C(=O)N(Cc1ccccc1)CC(O)C(Sc1ccccc1)N(Cc1ccccc1)C(=O)[C@@H](N)C(C)C. The third-order valence-corrected chi connectivity index (χ3v) is 8.41. The quantitative estimate of drug-likeness (QED) is 0.193. The van der Waals surface area contributed by atoms with E-state index in [2.05, 4.69) is 0 Å². The van der Waals surface area contributed by atoms with Crippen LogP contribution in [0.1, 0.15) is 38.8 Å². The molecule has 4 atom stereocenters. The summed E-state index contributed by atoms with van der Waals surface area (Å²) in [7, 11) is 0. The van der Waals surface area contributed by atoms with Gasteiger partial charge in [-0.3, -0.25) is 9.59 Å². The highest BCUT2D eigenvalue weighted by atomic mass is 32.2. The van der Waals surface area contributed by atoms with Crippen molar-refractivity contribution in [2.45, 2.75) is 69.2 Å². The zero-order chi connectivity index (χ0) is 29.9. The molecule has 3 aromatic carbocycles. The smallest absolute Gasteiger partial charge is 0.241 e. The lowest BCUT2D eigenvalue weighted by Crippen LogP contribution is -2.56. The van der Waals surface area contributed by atoms with Crippen LogP contribution in [-0.2, 0) is 22.7 Å². The first-order valence-corrected chi connectivity index (χ1v) is 15.0. The number of nitrogens with zero attached hydrogens (tertiary/aromatic N) is 2. The van der Waals surface area contributed by atoms with Crippen LogP contribution >= 0.6 is 11.8 Å². The Bertz CT molecular complexity index is 1210. The van der Waals surface area contributed by atoms with Gasteiger partial charge in [-0.05, 0) is 35.1 Å². The molecule has 7 nitrogen and oxygen atoms in total. The largest absolute Gasteiger partial charge is 0.388 e. The van der Waals surface area contributed by atoms with E-state index in [0.29, 0.717) is 0 Å². The first-order chi connectivity index (χ1) is 19.6. The molecular weight excluding hydrogens is 532 g/mol. The minimum atomic E-state index is -1.10. The van der Waals surface area contributed by atoms with Crippen LogP contribution in [-0.4, -0.2) is 56.8 Å². The minimum absolute atomic E-state index is 0.00582. The minimum Gasteiger partial charge on any atom is -0.388 e. The van der Waals surface area contributed by atoms with Gasteiger partial charge in [0.25, 0.3) is 0 Å². The van der Waals surface area contributed by atoms with Crippen LogP contribution in [0.25, 0.3) is 0 Å². The average Bonchev–Trinajstić information content (AvgIpc) is 2.98. The third kappa shape index (κ3) is 9.43. The molecule has 0 aliphatic heterocycles. The summed E-state index contributed by atoms with van der Waals surface area (Å²) >= 11 is 1.39. The second kappa shape index (κ2) is 15.7. The second-order valence-electron chi connectivity index (χ2n) is 11.1. The van der Waals surface area contributed by atoms with E-state index >= 15 is 0 Å². The molecule has 0 saturated carbocycles. The average molecular weight is 577 g/mol. The summed E-state index contributed by atoms with van der Waals surface area (Å²) in [5.41, 5.74) is 14.6. The number of carbonyl (C=O) groups is 2. The highest BCUT2D eigenvalue weighted by Gasteiger charge is 2.36. The lowest BCUT2D eigenvalue weighted by Gasteiger charge is -2.39. The number of hydrogen-bond acceptors (Lipinski definition) is 6. The van der Waals surface area contributed by atoms with Crippen LogP contribution in [0.5, 0.6) is 0 Å². The molecular formula is C33H44N4O3S. The number of nitrogens with two attached hydrogens (primary N) is 2. The van der Waals surface area contributed by atoms with Crippen molar-refractivity contribution in [1.29, 1.82) is 0 Å². The standard InChI is InChI=1S/C33H44N4O3S/c1-23(2)29(34)31(39)36(20-25-14-8-5-9-15-25)22-28(38)33(41-27-18-12-7-13-19-27)37(32(40)30(35)24(3)4)21-26-16-10-6-11-17-26/h5-19,23-24,28-30,33,38H,20-22,34-35H2,1-4H3/t28?,29-,30-,33?/m0/s1. The van der Waals surface area contributed by atoms with Gasteiger partial charge in [0.15, 0.2) is 0 Å². The monoisotopic (exact) mass is 576 g/mol. The van der Waals surface area contributed by atoms with Gasteiger partial charge >= 0.3 is 0 Å². The first-order valence-electron chi connectivity index (χ1n) is 14.2. The fourth-order valence-electron chi connectivity index (χ4n) is 4.39. The fraction of sp³-hybridized carbons (Fsp3) is 0.394. The van der Waals surface area contributed by atoms with Gasteiger partial charge < -0.3 is 26.4 Å². The van der Waals surface area contributed by atoms with Crippen LogP contribution < -0.4 is 11.5 Å². The zero-order valence-electron chi connectivity index (χ0n) is 24.5. The van der Waals surface area contributed by atoms with E-state index in [1.807, 2.05) is 119 Å². The highest BCUT2D eigenvalue weighted by molar-refractivity contribution is 8.00. The molecule has 0 bridgehead atoms. The molecule has 41 heavy (non-hydrogen) atoms. The van der Waals surface area contributed by atoms with Crippen LogP contribution in [0, 0.1) is 11.8 Å². The van der Waals surface area contributed by atoms with Crippen LogP contribution in [0.4, 0.5) is 0 Å².